The van der Waals surface area contributed by atoms with E-state index in [1.165, 1.54) is 24.3 Å². The fourth-order valence-electron chi connectivity index (χ4n) is 2.89. The number of hydrogen-bond donors (Lipinski definition) is 1. The Kier molecular flexibility index (Phi) is 4.58. The summed E-state index contributed by atoms with van der Waals surface area (Å²) in [4.78, 5) is 24.6. The van der Waals surface area contributed by atoms with Crippen LogP contribution in [0.4, 0.5) is 5.69 Å². The summed E-state index contributed by atoms with van der Waals surface area (Å²) in [5, 5.41) is 2.80. The Morgan fingerprint density at radius 1 is 1.08 bits per heavy atom. The van der Waals surface area contributed by atoms with E-state index in [-0.39, 0.29) is 17.3 Å². The third-order valence-corrected chi connectivity index (χ3v) is 6.26. The second-order valence-corrected chi connectivity index (χ2v) is 8.74. The number of hydrogen-bond acceptors (Lipinski definition) is 4. The Bertz CT molecular complexity index is 935. The molecule has 0 unspecified atom stereocenters. The molecule has 0 atom stereocenters. The molecule has 1 N–H and O–H groups in total. The van der Waals surface area contributed by atoms with Crippen LogP contribution in [0.15, 0.2) is 54.6 Å². The van der Waals surface area contributed by atoms with Crippen molar-refractivity contribution in [1.82, 2.24) is 5.32 Å². The minimum atomic E-state index is -3.69. The van der Waals surface area contributed by atoms with Gasteiger partial charge < -0.3 is 5.32 Å². The van der Waals surface area contributed by atoms with Crippen LogP contribution in [-0.2, 0) is 21.4 Å². The lowest BCUT2D eigenvalue weighted by molar-refractivity contribution is -0.123. The maximum atomic E-state index is 12.4. The van der Waals surface area contributed by atoms with Crippen molar-refractivity contribution in [3.05, 3.63) is 65.7 Å². The largest absolute Gasteiger partial charge is 0.348 e. The zero-order chi connectivity index (χ0) is 18.9. The van der Waals surface area contributed by atoms with Crippen LogP contribution in [0, 0.1) is 5.41 Å². The van der Waals surface area contributed by atoms with E-state index in [2.05, 4.69) is 5.32 Å². The summed E-state index contributed by atoms with van der Waals surface area (Å²) < 4.78 is 25.4. The second-order valence-electron chi connectivity index (χ2n) is 6.92. The van der Waals surface area contributed by atoms with Gasteiger partial charge in [-0.2, -0.15) is 0 Å². The number of nitrogens with one attached hydrogen (secondary N) is 1. The van der Waals surface area contributed by atoms with Gasteiger partial charge in [0, 0.05) is 12.1 Å². The standard InChI is InChI=1S/C19H20N2O4S/c1-19(2)13-26(24,25)21(18(19)23)16-10-8-15(9-11-16)17(22)20-12-14-6-4-3-5-7-14/h3-11H,12-13H2,1-2H3,(H,20,22). The van der Waals surface area contributed by atoms with Crippen molar-refractivity contribution in [3.8, 4) is 0 Å². The smallest absolute Gasteiger partial charge is 0.251 e. The van der Waals surface area contributed by atoms with Gasteiger partial charge in [0.15, 0.2) is 0 Å². The summed E-state index contributed by atoms with van der Waals surface area (Å²) in [6, 6.07) is 15.5. The van der Waals surface area contributed by atoms with Gasteiger partial charge in [0.1, 0.15) is 0 Å². The molecule has 0 radical (unpaired) electrons. The highest BCUT2D eigenvalue weighted by Gasteiger charge is 2.49. The first-order valence-corrected chi connectivity index (χ1v) is 9.81. The van der Waals surface area contributed by atoms with Crippen molar-refractivity contribution in [1.29, 1.82) is 0 Å². The van der Waals surface area contributed by atoms with E-state index in [9.17, 15) is 18.0 Å². The Labute approximate surface area is 152 Å². The van der Waals surface area contributed by atoms with Gasteiger partial charge in [-0.3, -0.25) is 9.59 Å². The first-order valence-electron chi connectivity index (χ1n) is 8.20. The van der Waals surface area contributed by atoms with Crippen LogP contribution in [0.5, 0.6) is 0 Å². The lowest BCUT2D eigenvalue weighted by Crippen LogP contribution is -2.33. The predicted molar refractivity (Wildman–Crippen MR) is 99.1 cm³/mol. The second kappa shape index (κ2) is 6.57. The monoisotopic (exact) mass is 372 g/mol. The molecule has 0 bridgehead atoms. The highest BCUT2D eigenvalue weighted by atomic mass is 32.2. The minimum absolute atomic E-state index is 0.224. The fraction of sp³-hybridized carbons (Fsp3) is 0.263. The molecule has 3 rings (SSSR count). The molecular weight excluding hydrogens is 352 g/mol. The summed E-state index contributed by atoms with van der Waals surface area (Å²) >= 11 is 0. The van der Waals surface area contributed by atoms with Crippen molar-refractivity contribution < 1.29 is 18.0 Å². The van der Waals surface area contributed by atoms with Gasteiger partial charge in [0.05, 0.1) is 16.9 Å². The van der Waals surface area contributed by atoms with Crippen molar-refractivity contribution in [2.45, 2.75) is 20.4 Å². The van der Waals surface area contributed by atoms with Gasteiger partial charge in [-0.1, -0.05) is 30.3 Å². The van der Waals surface area contributed by atoms with E-state index in [0.717, 1.165) is 9.87 Å². The number of amides is 2. The number of anilines is 1. The molecule has 2 aromatic rings. The molecule has 6 nitrogen and oxygen atoms in total. The molecule has 2 amide bonds. The molecule has 26 heavy (non-hydrogen) atoms. The number of carbonyl (C=O) groups excluding carboxylic acids is 2. The molecule has 1 fully saturated rings. The predicted octanol–water partition coefficient (Wildman–Crippen LogP) is 2.32. The summed E-state index contributed by atoms with van der Waals surface area (Å²) in [6.45, 7) is 3.62. The van der Waals surface area contributed by atoms with Crippen LogP contribution in [0.2, 0.25) is 0 Å². The first kappa shape index (κ1) is 18.1. The zero-order valence-corrected chi connectivity index (χ0v) is 15.4. The van der Waals surface area contributed by atoms with Gasteiger partial charge in [-0.15, -0.1) is 0 Å². The van der Waals surface area contributed by atoms with Gasteiger partial charge in [-0.25, -0.2) is 12.7 Å². The van der Waals surface area contributed by atoms with Crippen LogP contribution in [0.25, 0.3) is 0 Å². The van der Waals surface area contributed by atoms with Crippen LogP contribution in [0.1, 0.15) is 29.8 Å². The highest BCUT2D eigenvalue weighted by molar-refractivity contribution is 7.94. The lowest BCUT2D eigenvalue weighted by Gasteiger charge is -2.17. The lowest BCUT2D eigenvalue weighted by atomic mass is 9.95. The summed E-state index contributed by atoms with van der Waals surface area (Å²) in [5.74, 6) is -0.951. The quantitative estimate of drug-likeness (QED) is 0.893. The Balaban J connectivity index is 1.74. The first-order chi connectivity index (χ1) is 12.2. The van der Waals surface area contributed by atoms with E-state index in [4.69, 9.17) is 0 Å². The van der Waals surface area contributed by atoms with E-state index in [0.29, 0.717) is 12.1 Å². The third-order valence-electron chi connectivity index (χ3n) is 4.24. The maximum Gasteiger partial charge on any atom is 0.251 e. The van der Waals surface area contributed by atoms with Crippen LogP contribution < -0.4 is 9.62 Å². The molecule has 0 aliphatic carbocycles. The van der Waals surface area contributed by atoms with E-state index in [1.807, 2.05) is 30.3 Å². The molecule has 1 aliphatic rings. The fourth-order valence-corrected chi connectivity index (χ4v) is 5.00. The molecule has 136 valence electrons. The van der Waals surface area contributed by atoms with Gasteiger partial charge in [-0.05, 0) is 43.7 Å². The number of sulfonamides is 1. The average Bonchev–Trinajstić information content (AvgIpc) is 2.76. The van der Waals surface area contributed by atoms with E-state index >= 15 is 0 Å². The zero-order valence-electron chi connectivity index (χ0n) is 14.6. The molecule has 7 heteroatoms. The summed E-state index contributed by atoms with van der Waals surface area (Å²) in [6.07, 6.45) is 0. The molecule has 1 saturated heterocycles. The van der Waals surface area contributed by atoms with Gasteiger partial charge in [0.25, 0.3) is 5.91 Å². The molecule has 2 aromatic carbocycles. The Hall–Kier alpha value is -2.67. The molecule has 1 aliphatic heterocycles. The Morgan fingerprint density at radius 2 is 1.69 bits per heavy atom. The number of nitrogens with zero attached hydrogens (tertiary/aromatic N) is 1. The highest BCUT2D eigenvalue weighted by Crippen LogP contribution is 2.35. The Morgan fingerprint density at radius 3 is 2.23 bits per heavy atom. The normalized spacial score (nSPS) is 17.9. The molecule has 0 saturated carbocycles. The average molecular weight is 372 g/mol. The minimum Gasteiger partial charge on any atom is -0.348 e. The molecule has 0 aromatic heterocycles. The molecule has 0 spiro atoms. The number of benzene rings is 2. The van der Waals surface area contributed by atoms with Crippen molar-refractivity contribution in [3.63, 3.8) is 0 Å². The van der Waals surface area contributed by atoms with Crippen LogP contribution in [-0.4, -0.2) is 26.0 Å². The van der Waals surface area contributed by atoms with Crippen LogP contribution in [0.3, 0.4) is 0 Å². The van der Waals surface area contributed by atoms with Crippen molar-refractivity contribution >= 4 is 27.5 Å². The molecule has 1 heterocycles. The number of carbonyl (C=O) groups is 2. The van der Waals surface area contributed by atoms with Crippen molar-refractivity contribution in [2.75, 3.05) is 10.1 Å². The molecular formula is C19H20N2O4S. The van der Waals surface area contributed by atoms with E-state index < -0.39 is 21.3 Å². The SMILES string of the molecule is CC1(C)CS(=O)(=O)N(c2ccc(C(=O)NCc3ccccc3)cc2)C1=O. The maximum absolute atomic E-state index is 12.4. The van der Waals surface area contributed by atoms with E-state index in [1.54, 1.807) is 13.8 Å². The van der Waals surface area contributed by atoms with Crippen LogP contribution >= 0.6 is 0 Å². The topological polar surface area (TPSA) is 83.6 Å². The van der Waals surface area contributed by atoms with Gasteiger partial charge in [0.2, 0.25) is 15.9 Å². The van der Waals surface area contributed by atoms with Gasteiger partial charge >= 0.3 is 0 Å². The van der Waals surface area contributed by atoms with Crippen molar-refractivity contribution in [2.24, 2.45) is 5.41 Å². The summed E-state index contributed by atoms with van der Waals surface area (Å²) in [5.41, 5.74) is 0.673. The third kappa shape index (κ3) is 3.48. The summed E-state index contributed by atoms with van der Waals surface area (Å²) in [7, 11) is -3.69. The number of rotatable bonds is 4.